The van der Waals surface area contributed by atoms with Crippen LogP contribution in [0, 0.1) is 0 Å². The quantitative estimate of drug-likeness (QED) is 0.464. The molecule has 2 aromatic carbocycles. The molecule has 1 aromatic heterocycles. The molecule has 9 heteroatoms. The van der Waals surface area contributed by atoms with Gasteiger partial charge in [-0.25, -0.2) is 8.42 Å². The summed E-state index contributed by atoms with van der Waals surface area (Å²) >= 11 is 9.34. The lowest BCUT2D eigenvalue weighted by molar-refractivity contribution is 0.353. The minimum atomic E-state index is -3.97. The molecule has 0 fully saturated rings. The van der Waals surface area contributed by atoms with Crippen LogP contribution in [-0.2, 0) is 16.6 Å². The maximum atomic E-state index is 13.7. The number of ether oxygens (including phenoxy) is 2. The summed E-state index contributed by atoms with van der Waals surface area (Å²) in [7, 11) is -1.03. The van der Waals surface area contributed by atoms with E-state index in [-0.39, 0.29) is 11.4 Å². The predicted octanol–water partition coefficient (Wildman–Crippen LogP) is 4.91. The molecule has 29 heavy (non-hydrogen) atoms. The Labute approximate surface area is 183 Å². The van der Waals surface area contributed by atoms with E-state index < -0.39 is 10.0 Å². The average molecular weight is 498 g/mol. The number of rotatable bonds is 7. The Morgan fingerprint density at radius 2 is 1.72 bits per heavy atom. The van der Waals surface area contributed by atoms with Gasteiger partial charge >= 0.3 is 0 Å². The highest BCUT2D eigenvalue weighted by molar-refractivity contribution is 9.10. The van der Waals surface area contributed by atoms with Crippen molar-refractivity contribution >= 4 is 43.2 Å². The van der Waals surface area contributed by atoms with Crippen LogP contribution in [0.4, 0.5) is 5.69 Å². The monoisotopic (exact) mass is 496 g/mol. The van der Waals surface area contributed by atoms with Crippen LogP contribution in [-0.4, -0.2) is 27.6 Å². The van der Waals surface area contributed by atoms with Gasteiger partial charge in [-0.1, -0.05) is 17.7 Å². The van der Waals surface area contributed by atoms with Gasteiger partial charge in [0, 0.05) is 28.0 Å². The van der Waals surface area contributed by atoms with Crippen LogP contribution < -0.4 is 13.8 Å². The van der Waals surface area contributed by atoms with Crippen molar-refractivity contribution in [1.29, 1.82) is 0 Å². The topological polar surface area (TPSA) is 68.7 Å². The van der Waals surface area contributed by atoms with E-state index in [9.17, 15) is 8.42 Å². The molecule has 1 heterocycles. The van der Waals surface area contributed by atoms with Gasteiger partial charge in [0.25, 0.3) is 10.0 Å². The predicted molar refractivity (Wildman–Crippen MR) is 116 cm³/mol. The van der Waals surface area contributed by atoms with E-state index in [2.05, 4.69) is 20.9 Å². The second-order valence-corrected chi connectivity index (χ2v) is 9.11. The highest BCUT2D eigenvalue weighted by Crippen LogP contribution is 2.38. The van der Waals surface area contributed by atoms with Crippen molar-refractivity contribution in [3.63, 3.8) is 0 Å². The third-order valence-corrected chi connectivity index (χ3v) is 7.15. The molecule has 0 radical (unpaired) electrons. The number of benzene rings is 2. The molecule has 0 aliphatic carbocycles. The minimum absolute atomic E-state index is 0.0500. The summed E-state index contributed by atoms with van der Waals surface area (Å²) in [5, 5.41) is 0.514. The number of anilines is 1. The Kier molecular flexibility index (Phi) is 6.66. The minimum Gasteiger partial charge on any atom is -0.493 e. The summed E-state index contributed by atoms with van der Waals surface area (Å²) in [5.74, 6) is 0.732. The van der Waals surface area contributed by atoms with Crippen LogP contribution >= 0.6 is 27.5 Å². The molecule has 0 bridgehead atoms. The molecule has 3 rings (SSSR count). The lowest BCUT2D eigenvalue weighted by atomic mass is 10.2. The van der Waals surface area contributed by atoms with Gasteiger partial charge in [-0.3, -0.25) is 9.29 Å². The first kappa shape index (κ1) is 21.4. The number of nitrogens with zero attached hydrogens (tertiary/aromatic N) is 2. The molecule has 0 aliphatic rings. The standard InChI is InChI=1S/C20H18BrClN2O4S/c1-27-18-10-17(21)20(11-19(18)28-2)29(25,26)24(13-14-4-3-9-23-12-14)16-7-5-15(22)6-8-16/h3-12H,13H2,1-2H3. The van der Waals surface area contributed by atoms with Crippen LogP contribution in [0.15, 0.2) is 70.3 Å². The Bertz CT molecular complexity index is 1090. The number of halogens is 2. The zero-order chi connectivity index (χ0) is 21.0. The van der Waals surface area contributed by atoms with Gasteiger partial charge in [0.05, 0.1) is 26.5 Å². The van der Waals surface area contributed by atoms with Crippen LogP contribution in [0.5, 0.6) is 11.5 Å². The molecular formula is C20H18BrClN2O4S. The highest BCUT2D eigenvalue weighted by atomic mass is 79.9. The van der Waals surface area contributed by atoms with Crippen LogP contribution in [0.3, 0.4) is 0 Å². The van der Waals surface area contributed by atoms with Crippen molar-refractivity contribution in [3.05, 3.63) is 76.0 Å². The maximum Gasteiger partial charge on any atom is 0.265 e. The third-order valence-electron chi connectivity index (χ3n) is 4.17. The lowest BCUT2D eigenvalue weighted by Crippen LogP contribution is -2.31. The fraction of sp³-hybridized carbons (Fsp3) is 0.150. The maximum absolute atomic E-state index is 13.7. The van der Waals surface area contributed by atoms with Crippen molar-refractivity contribution < 1.29 is 17.9 Å². The van der Waals surface area contributed by atoms with Gasteiger partial charge in [-0.2, -0.15) is 0 Å². The molecule has 0 spiro atoms. The number of sulfonamides is 1. The first-order chi connectivity index (χ1) is 13.9. The Morgan fingerprint density at radius 1 is 1.07 bits per heavy atom. The van der Waals surface area contributed by atoms with Gasteiger partial charge in [-0.15, -0.1) is 0 Å². The van der Waals surface area contributed by atoms with E-state index in [1.807, 2.05) is 6.07 Å². The molecule has 0 saturated carbocycles. The zero-order valence-corrected chi connectivity index (χ0v) is 18.8. The van der Waals surface area contributed by atoms with E-state index >= 15 is 0 Å². The lowest BCUT2D eigenvalue weighted by Gasteiger charge is -2.25. The summed E-state index contributed by atoms with van der Waals surface area (Å²) in [5.41, 5.74) is 1.21. The van der Waals surface area contributed by atoms with E-state index in [0.29, 0.717) is 26.7 Å². The largest absolute Gasteiger partial charge is 0.493 e. The molecule has 3 aromatic rings. The van der Waals surface area contributed by atoms with Crippen molar-refractivity contribution in [2.75, 3.05) is 18.5 Å². The van der Waals surface area contributed by atoms with Gasteiger partial charge in [0.15, 0.2) is 11.5 Å². The average Bonchev–Trinajstić information content (AvgIpc) is 2.73. The van der Waals surface area contributed by atoms with Gasteiger partial charge in [0.1, 0.15) is 4.90 Å². The van der Waals surface area contributed by atoms with Crippen molar-refractivity contribution in [2.45, 2.75) is 11.4 Å². The molecule has 0 saturated heterocycles. The number of aromatic nitrogens is 1. The van der Waals surface area contributed by atoms with Gasteiger partial charge in [-0.05, 0) is 57.9 Å². The molecule has 0 aliphatic heterocycles. The summed E-state index contributed by atoms with van der Waals surface area (Å²) in [6.45, 7) is 0.0958. The second kappa shape index (κ2) is 9.02. The number of hydrogen-bond donors (Lipinski definition) is 0. The molecule has 6 nitrogen and oxygen atoms in total. The zero-order valence-electron chi connectivity index (χ0n) is 15.7. The van der Waals surface area contributed by atoms with E-state index in [0.717, 1.165) is 5.56 Å². The van der Waals surface area contributed by atoms with Crippen molar-refractivity contribution in [2.24, 2.45) is 0 Å². The number of pyridine rings is 1. The summed E-state index contributed by atoms with van der Waals surface area (Å²) in [4.78, 5) is 4.13. The third kappa shape index (κ3) is 4.66. The van der Waals surface area contributed by atoms with Crippen molar-refractivity contribution in [1.82, 2.24) is 4.98 Å². The fourth-order valence-corrected chi connectivity index (χ4v) is 5.31. The normalized spacial score (nSPS) is 11.2. The van der Waals surface area contributed by atoms with E-state index in [1.165, 1.54) is 24.6 Å². The van der Waals surface area contributed by atoms with E-state index in [1.54, 1.807) is 48.8 Å². The Hall–Kier alpha value is -2.29. The first-order valence-electron chi connectivity index (χ1n) is 8.45. The molecule has 0 atom stereocenters. The van der Waals surface area contributed by atoms with Crippen LogP contribution in [0.1, 0.15) is 5.56 Å². The molecule has 152 valence electrons. The Morgan fingerprint density at radius 3 is 2.31 bits per heavy atom. The molecule has 0 unspecified atom stereocenters. The van der Waals surface area contributed by atoms with Crippen molar-refractivity contribution in [3.8, 4) is 11.5 Å². The molecule has 0 amide bonds. The smallest absolute Gasteiger partial charge is 0.265 e. The number of hydrogen-bond acceptors (Lipinski definition) is 5. The first-order valence-corrected chi connectivity index (χ1v) is 11.1. The number of methoxy groups -OCH3 is 2. The molecular weight excluding hydrogens is 480 g/mol. The van der Waals surface area contributed by atoms with Gasteiger partial charge in [0.2, 0.25) is 0 Å². The summed E-state index contributed by atoms with van der Waals surface area (Å²) in [6, 6.07) is 13.2. The highest BCUT2D eigenvalue weighted by Gasteiger charge is 2.29. The Balaban J connectivity index is 2.14. The SMILES string of the molecule is COc1cc(Br)c(S(=O)(=O)N(Cc2cccnc2)c2ccc(Cl)cc2)cc1OC. The van der Waals surface area contributed by atoms with Crippen LogP contribution in [0.2, 0.25) is 5.02 Å². The van der Waals surface area contributed by atoms with E-state index in [4.69, 9.17) is 21.1 Å². The van der Waals surface area contributed by atoms with Gasteiger partial charge < -0.3 is 9.47 Å². The van der Waals surface area contributed by atoms with Crippen LogP contribution in [0.25, 0.3) is 0 Å². The fourth-order valence-electron chi connectivity index (χ4n) is 2.73. The molecule has 0 N–H and O–H groups in total. The summed E-state index contributed by atoms with van der Waals surface area (Å²) < 4.78 is 39.5. The second-order valence-electron chi connectivity index (χ2n) is 5.99. The summed E-state index contributed by atoms with van der Waals surface area (Å²) in [6.07, 6.45) is 3.26.